The molecular formula is C33H32N4O6S. The number of rotatable bonds is 10. The summed E-state index contributed by atoms with van der Waals surface area (Å²) < 4.78 is 18.5. The highest BCUT2D eigenvalue weighted by molar-refractivity contribution is 7.07. The molecule has 1 atom stereocenters. The fraction of sp³-hybridized carbons (Fsp3) is 0.242. The van der Waals surface area contributed by atoms with Gasteiger partial charge in [-0.15, -0.1) is 0 Å². The van der Waals surface area contributed by atoms with Crippen LogP contribution in [0, 0.1) is 0 Å². The van der Waals surface area contributed by atoms with E-state index >= 15 is 0 Å². The molecule has 0 bridgehead atoms. The first kappa shape index (κ1) is 30.4. The molecule has 226 valence electrons. The van der Waals surface area contributed by atoms with Gasteiger partial charge in [0.2, 0.25) is 0 Å². The Morgan fingerprint density at radius 2 is 1.80 bits per heavy atom. The lowest BCUT2D eigenvalue weighted by Crippen LogP contribution is -2.40. The van der Waals surface area contributed by atoms with Crippen molar-refractivity contribution in [2.24, 2.45) is 15.2 Å². The summed E-state index contributed by atoms with van der Waals surface area (Å²) >= 11 is 1.16. The molecule has 0 spiro atoms. The number of carbonyl (C=O) groups is 1. The van der Waals surface area contributed by atoms with Crippen LogP contribution < -0.4 is 24.4 Å². The number of azo groups is 1. The van der Waals surface area contributed by atoms with Gasteiger partial charge in [-0.05, 0) is 68.0 Å². The number of hydrogen-bond acceptors (Lipinski definition) is 10. The Bertz CT molecular complexity index is 1930. The zero-order valence-electron chi connectivity index (χ0n) is 24.8. The molecule has 10 nitrogen and oxygen atoms in total. The van der Waals surface area contributed by atoms with E-state index < -0.39 is 17.6 Å². The van der Waals surface area contributed by atoms with E-state index in [1.165, 1.54) is 17.7 Å². The van der Waals surface area contributed by atoms with Gasteiger partial charge < -0.3 is 19.3 Å². The minimum absolute atomic E-state index is 0.0283. The Morgan fingerprint density at radius 3 is 2.50 bits per heavy atom. The van der Waals surface area contributed by atoms with Gasteiger partial charge in [-0.1, -0.05) is 42.9 Å². The summed E-state index contributed by atoms with van der Waals surface area (Å²) in [6.07, 6.45) is 2.81. The van der Waals surface area contributed by atoms with Crippen LogP contribution in [0.5, 0.6) is 17.2 Å². The van der Waals surface area contributed by atoms with Gasteiger partial charge in [-0.3, -0.25) is 9.36 Å². The van der Waals surface area contributed by atoms with Crippen molar-refractivity contribution in [3.63, 3.8) is 0 Å². The van der Waals surface area contributed by atoms with Crippen molar-refractivity contribution in [2.45, 2.75) is 32.7 Å². The SMILES string of the molecule is CCCC1=C(C(=O)OCC)[C@@H](c2cc(OC)ccc2OC)n2c(s/c(=C\c3cc(N=Nc4ccccc4)ccc3O)c2=O)=N1. The number of ether oxygens (including phenoxy) is 3. The van der Waals surface area contributed by atoms with Crippen LogP contribution in [0.4, 0.5) is 11.4 Å². The maximum atomic E-state index is 14.2. The lowest BCUT2D eigenvalue weighted by atomic mass is 9.93. The maximum absolute atomic E-state index is 14.2. The topological polar surface area (TPSA) is 124 Å². The lowest BCUT2D eigenvalue weighted by Gasteiger charge is -2.27. The number of fused-ring (bicyclic) bond motifs is 1. The van der Waals surface area contributed by atoms with Crippen LogP contribution >= 0.6 is 11.3 Å². The normalized spacial score (nSPS) is 14.8. The molecule has 0 saturated heterocycles. The molecule has 0 saturated carbocycles. The van der Waals surface area contributed by atoms with Gasteiger partial charge in [0.1, 0.15) is 23.3 Å². The van der Waals surface area contributed by atoms with E-state index in [1.807, 2.05) is 37.3 Å². The summed E-state index contributed by atoms with van der Waals surface area (Å²) in [5.41, 5.74) is 2.54. The second-order valence-corrected chi connectivity index (χ2v) is 10.8. The molecule has 2 heterocycles. The van der Waals surface area contributed by atoms with Crippen molar-refractivity contribution in [3.05, 3.63) is 109 Å². The molecular weight excluding hydrogens is 580 g/mol. The first-order valence-electron chi connectivity index (χ1n) is 14.1. The number of allylic oxidation sites excluding steroid dienone is 1. The standard InChI is InChI=1S/C33H32N4O6S/c1-5-10-25-29(32(40)43-6-2)30(24-19-23(41-3)14-16-27(24)42-4)37-31(39)28(44-33(37)34-25)18-20-17-22(13-15-26(20)38)36-35-21-11-8-7-9-12-21/h7-9,11-19,30,38H,5-6,10H2,1-4H3/b28-18-,36-35?/t30-/m1/s1. The molecule has 3 aromatic carbocycles. The summed E-state index contributed by atoms with van der Waals surface area (Å²) in [7, 11) is 3.07. The number of nitrogens with zero attached hydrogens (tertiary/aromatic N) is 4. The highest BCUT2D eigenvalue weighted by atomic mass is 32.1. The number of carbonyl (C=O) groups excluding carboxylic acids is 1. The van der Waals surface area contributed by atoms with E-state index in [0.29, 0.717) is 55.5 Å². The predicted molar refractivity (Wildman–Crippen MR) is 168 cm³/mol. The Labute approximate surface area is 257 Å². The molecule has 0 unspecified atom stereocenters. The molecule has 0 fully saturated rings. The first-order chi connectivity index (χ1) is 21.4. The minimum atomic E-state index is -0.890. The largest absolute Gasteiger partial charge is 0.507 e. The average molecular weight is 613 g/mol. The third-order valence-electron chi connectivity index (χ3n) is 6.96. The molecule has 5 rings (SSSR count). The summed E-state index contributed by atoms with van der Waals surface area (Å²) in [6, 6.07) is 18.4. The zero-order valence-corrected chi connectivity index (χ0v) is 25.6. The monoisotopic (exact) mass is 612 g/mol. The smallest absolute Gasteiger partial charge is 0.338 e. The Kier molecular flexibility index (Phi) is 9.35. The molecule has 1 aromatic heterocycles. The van der Waals surface area contributed by atoms with Crippen LogP contribution in [-0.4, -0.2) is 36.5 Å². The average Bonchev–Trinajstić information content (AvgIpc) is 3.35. The molecule has 4 aromatic rings. The van der Waals surface area contributed by atoms with Crippen LogP contribution in [-0.2, 0) is 9.53 Å². The van der Waals surface area contributed by atoms with Crippen molar-refractivity contribution in [3.8, 4) is 17.2 Å². The van der Waals surface area contributed by atoms with Crippen molar-refractivity contribution in [1.82, 2.24) is 4.57 Å². The number of benzene rings is 3. The highest BCUT2D eigenvalue weighted by Gasteiger charge is 2.36. The summed E-state index contributed by atoms with van der Waals surface area (Å²) in [6.45, 7) is 3.88. The summed E-state index contributed by atoms with van der Waals surface area (Å²) in [4.78, 5) is 32.9. The third-order valence-corrected chi connectivity index (χ3v) is 7.94. The predicted octanol–water partition coefficient (Wildman–Crippen LogP) is 5.72. The third kappa shape index (κ3) is 6.18. The zero-order chi connectivity index (χ0) is 31.2. The Balaban J connectivity index is 1.71. The van der Waals surface area contributed by atoms with E-state index in [4.69, 9.17) is 19.2 Å². The number of phenols is 1. The van der Waals surface area contributed by atoms with Crippen LogP contribution in [0.3, 0.4) is 0 Å². The highest BCUT2D eigenvalue weighted by Crippen LogP contribution is 2.39. The van der Waals surface area contributed by atoms with E-state index in [1.54, 1.807) is 50.4 Å². The Morgan fingerprint density at radius 1 is 1.02 bits per heavy atom. The summed E-state index contributed by atoms with van der Waals surface area (Å²) in [5, 5.41) is 19.2. The van der Waals surface area contributed by atoms with E-state index in [2.05, 4.69) is 10.2 Å². The van der Waals surface area contributed by atoms with Gasteiger partial charge in [0, 0.05) is 11.1 Å². The van der Waals surface area contributed by atoms with Gasteiger partial charge >= 0.3 is 5.97 Å². The van der Waals surface area contributed by atoms with Crippen LogP contribution in [0.2, 0.25) is 0 Å². The summed E-state index contributed by atoms with van der Waals surface area (Å²) in [5.74, 6) is 0.419. The lowest BCUT2D eigenvalue weighted by molar-refractivity contribution is -0.139. The van der Waals surface area contributed by atoms with Gasteiger partial charge in [0.15, 0.2) is 4.80 Å². The molecule has 1 aliphatic rings. The molecule has 0 aliphatic carbocycles. The van der Waals surface area contributed by atoms with Crippen LogP contribution in [0.1, 0.15) is 43.9 Å². The van der Waals surface area contributed by atoms with Crippen molar-refractivity contribution < 1.29 is 24.1 Å². The number of esters is 1. The van der Waals surface area contributed by atoms with Gasteiger partial charge in [0.05, 0.1) is 48.0 Å². The molecule has 1 N–H and O–H groups in total. The number of aromatic nitrogens is 1. The molecule has 0 amide bonds. The molecule has 1 aliphatic heterocycles. The number of thiazole rings is 1. The van der Waals surface area contributed by atoms with Gasteiger partial charge in [0.25, 0.3) is 5.56 Å². The quantitative estimate of drug-likeness (QED) is 0.181. The molecule has 0 radical (unpaired) electrons. The number of hydrogen-bond donors (Lipinski definition) is 1. The van der Waals surface area contributed by atoms with Crippen LogP contribution in [0.15, 0.2) is 98.0 Å². The van der Waals surface area contributed by atoms with E-state index in [-0.39, 0.29) is 17.9 Å². The minimum Gasteiger partial charge on any atom is -0.507 e. The second-order valence-electron chi connectivity index (χ2n) is 9.80. The van der Waals surface area contributed by atoms with Crippen molar-refractivity contribution in [1.29, 1.82) is 0 Å². The number of aromatic hydroxyl groups is 1. The molecule has 11 heteroatoms. The van der Waals surface area contributed by atoms with Gasteiger partial charge in [-0.25, -0.2) is 9.79 Å². The fourth-order valence-corrected chi connectivity index (χ4v) is 5.95. The number of phenolic OH excluding ortho intramolecular Hbond substituents is 1. The van der Waals surface area contributed by atoms with E-state index in [9.17, 15) is 14.7 Å². The second kappa shape index (κ2) is 13.5. The molecule has 44 heavy (non-hydrogen) atoms. The van der Waals surface area contributed by atoms with E-state index in [0.717, 1.165) is 17.8 Å². The van der Waals surface area contributed by atoms with Crippen LogP contribution in [0.25, 0.3) is 6.08 Å². The van der Waals surface area contributed by atoms with Crippen molar-refractivity contribution >= 4 is 34.8 Å². The first-order valence-corrected chi connectivity index (χ1v) is 14.9. The maximum Gasteiger partial charge on any atom is 0.338 e. The number of methoxy groups -OCH3 is 2. The Hall–Kier alpha value is -5.03. The van der Waals surface area contributed by atoms with Gasteiger partial charge in [-0.2, -0.15) is 10.2 Å². The van der Waals surface area contributed by atoms with Crippen molar-refractivity contribution in [2.75, 3.05) is 20.8 Å². The fourth-order valence-electron chi connectivity index (χ4n) is 4.94.